The summed E-state index contributed by atoms with van der Waals surface area (Å²) in [4.78, 5) is 16.9. The SMILES string of the molecule is COc1ccc(N2CCN(C(=O)c3ccc(NCC4CCCO4)nn3)CC2)cc1. The van der Waals surface area contributed by atoms with Gasteiger partial charge >= 0.3 is 0 Å². The maximum Gasteiger partial charge on any atom is 0.274 e. The number of nitrogens with one attached hydrogen (secondary N) is 1. The molecular formula is C21H27N5O3. The van der Waals surface area contributed by atoms with Crippen molar-refractivity contribution < 1.29 is 14.3 Å². The molecule has 0 spiro atoms. The first-order valence-corrected chi connectivity index (χ1v) is 10.1. The van der Waals surface area contributed by atoms with E-state index < -0.39 is 0 Å². The van der Waals surface area contributed by atoms with E-state index in [1.807, 2.05) is 35.2 Å². The number of hydrogen-bond acceptors (Lipinski definition) is 7. The fourth-order valence-electron chi connectivity index (χ4n) is 3.69. The van der Waals surface area contributed by atoms with Crippen LogP contribution in [0.3, 0.4) is 0 Å². The molecule has 8 nitrogen and oxygen atoms in total. The highest BCUT2D eigenvalue weighted by Crippen LogP contribution is 2.21. The maximum absolute atomic E-state index is 12.8. The van der Waals surface area contributed by atoms with Gasteiger partial charge in [0.1, 0.15) is 11.6 Å². The van der Waals surface area contributed by atoms with E-state index in [2.05, 4.69) is 20.4 Å². The Morgan fingerprint density at radius 3 is 2.55 bits per heavy atom. The average molecular weight is 397 g/mol. The minimum Gasteiger partial charge on any atom is -0.497 e. The number of anilines is 2. The second kappa shape index (κ2) is 9.09. The van der Waals surface area contributed by atoms with Crippen LogP contribution in [0.2, 0.25) is 0 Å². The second-order valence-corrected chi connectivity index (χ2v) is 7.30. The Hall–Kier alpha value is -2.87. The smallest absolute Gasteiger partial charge is 0.274 e. The van der Waals surface area contributed by atoms with Crippen molar-refractivity contribution in [2.75, 3.05) is 56.7 Å². The second-order valence-electron chi connectivity index (χ2n) is 7.30. The van der Waals surface area contributed by atoms with Crippen molar-refractivity contribution in [3.8, 4) is 5.75 Å². The summed E-state index contributed by atoms with van der Waals surface area (Å²) in [7, 11) is 1.66. The Bertz CT molecular complexity index is 798. The molecule has 1 N–H and O–H groups in total. The average Bonchev–Trinajstić information content (AvgIpc) is 3.31. The van der Waals surface area contributed by atoms with Crippen LogP contribution in [0.5, 0.6) is 5.75 Å². The van der Waals surface area contributed by atoms with Gasteiger partial charge in [-0.1, -0.05) is 0 Å². The summed E-state index contributed by atoms with van der Waals surface area (Å²) in [5.74, 6) is 1.44. The molecule has 154 valence electrons. The van der Waals surface area contributed by atoms with Gasteiger partial charge in [0.25, 0.3) is 5.91 Å². The molecule has 2 aliphatic rings. The predicted octanol–water partition coefficient (Wildman–Crippen LogP) is 2.04. The molecule has 2 saturated heterocycles. The quantitative estimate of drug-likeness (QED) is 0.799. The minimum atomic E-state index is -0.0717. The highest BCUT2D eigenvalue weighted by Gasteiger charge is 2.23. The van der Waals surface area contributed by atoms with Crippen LogP contribution in [0.4, 0.5) is 11.5 Å². The van der Waals surface area contributed by atoms with Crippen molar-refractivity contribution in [3.05, 3.63) is 42.1 Å². The number of hydrogen-bond donors (Lipinski definition) is 1. The Balaban J connectivity index is 1.28. The molecule has 2 fully saturated rings. The van der Waals surface area contributed by atoms with Gasteiger partial charge in [0.05, 0.1) is 13.2 Å². The van der Waals surface area contributed by atoms with Crippen molar-refractivity contribution in [1.29, 1.82) is 0 Å². The molecule has 0 saturated carbocycles. The van der Waals surface area contributed by atoms with Crippen LogP contribution >= 0.6 is 0 Å². The third-order valence-corrected chi connectivity index (χ3v) is 5.42. The molecule has 0 aliphatic carbocycles. The lowest BCUT2D eigenvalue weighted by molar-refractivity contribution is 0.0739. The number of nitrogens with zero attached hydrogens (tertiary/aromatic N) is 4. The third kappa shape index (κ3) is 4.76. The molecule has 1 aromatic heterocycles. The summed E-state index contributed by atoms with van der Waals surface area (Å²) in [6, 6.07) is 11.5. The standard InChI is InChI=1S/C21H27N5O3/c1-28-17-6-4-16(5-7-17)25-10-12-26(13-11-25)21(27)19-8-9-20(24-23-19)22-15-18-3-2-14-29-18/h4-9,18H,2-3,10-15H2,1H3,(H,22,24). The van der Waals surface area contributed by atoms with E-state index in [0.29, 0.717) is 24.6 Å². The number of carbonyl (C=O) groups excluding carboxylic acids is 1. The molecule has 0 radical (unpaired) electrons. The van der Waals surface area contributed by atoms with Crippen LogP contribution < -0.4 is 15.0 Å². The molecule has 2 aliphatic heterocycles. The zero-order chi connectivity index (χ0) is 20.1. The normalized spacial score (nSPS) is 19.3. The van der Waals surface area contributed by atoms with Gasteiger partial charge in [0.2, 0.25) is 0 Å². The molecule has 1 amide bonds. The van der Waals surface area contributed by atoms with Gasteiger partial charge in [-0.15, -0.1) is 10.2 Å². The number of methoxy groups -OCH3 is 1. The number of rotatable bonds is 6. The molecule has 3 heterocycles. The summed E-state index contributed by atoms with van der Waals surface area (Å²) in [5, 5.41) is 11.5. The Kier molecular flexibility index (Phi) is 6.09. The number of carbonyl (C=O) groups is 1. The summed E-state index contributed by atoms with van der Waals surface area (Å²) in [6.45, 7) is 4.43. The number of aromatic nitrogens is 2. The molecule has 4 rings (SSSR count). The van der Waals surface area contributed by atoms with Gasteiger partial charge in [0, 0.05) is 45.0 Å². The Morgan fingerprint density at radius 1 is 1.14 bits per heavy atom. The van der Waals surface area contributed by atoms with Gasteiger partial charge < -0.3 is 24.6 Å². The first-order valence-electron chi connectivity index (χ1n) is 10.1. The summed E-state index contributed by atoms with van der Waals surface area (Å²) in [6.07, 6.45) is 2.41. The molecule has 0 bridgehead atoms. The number of amides is 1. The van der Waals surface area contributed by atoms with Gasteiger partial charge in [-0.05, 0) is 49.2 Å². The van der Waals surface area contributed by atoms with Gasteiger partial charge in [-0.25, -0.2) is 0 Å². The van der Waals surface area contributed by atoms with E-state index >= 15 is 0 Å². The summed E-state index contributed by atoms with van der Waals surface area (Å²) in [5.41, 5.74) is 1.52. The van der Waals surface area contributed by atoms with Crippen molar-refractivity contribution in [2.24, 2.45) is 0 Å². The van der Waals surface area contributed by atoms with Crippen LogP contribution in [-0.4, -0.2) is 73.5 Å². The Morgan fingerprint density at radius 2 is 1.93 bits per heavy atom. The van der Waals surface area contributed by atoms with Crippen molar-refractivity contribution in [2.45, 2.75) is 18.9 Å². The van der Waals surface area contributed by atoms with Gasteiger partial charge in [-0.3, -0.25) is 4.79 Å². The van der Waals surface area contributed by atoms with E-state index in [1.165, 1.54) is 0 Å². The first-order chi connectivity index (χ1) is 14.2. The largest absolute Gasteiger partial charge is 0.497 e. The van der Waals surface area contributed by atoms with E-state index in [9.17, 15) is 4.79 Å². The number of piperazine rings is 1. The highest BCUT2D eigenvalue weighted by molar-refractivity contribution is 5.92. The van der Waals surface area contributed by atoms with Crippen molar-refractivity contribution in [3.63, 3.8) is 0 Å². The lowest BCUT2D eigenvalue weighted by atomic mass is 10.2. The van der Waals surface area contributed by atoms with E-state index in [-0.39, 0.29) is 12.0 Å². The molecule has 2 aromatic rings. The monoisotopic (exact) mass is 397 g/mol. The van der Waals surface area contributed by atoms with Gasteiger partial charge in [0.15, 0.2) is 5.69 Å². The van der Waals surface area contributed by atoms with Crippen molar-refractivity contribution >= 4 is 17.4 Å². The molecule has 8 heteroatoms. The zero-order valence-electron chi connectivity index (χ0n) is 16.7. The third-order valence-electron chi connectivity index (χ3n) is 5.42. The van der Waals surface area contributed by atoms with Crippen LogP contribution in [0.25, 0.3) is 0 Å². The fraction of sp³-hybridized carbons (Fsp3) is 0.476. The van der Waals surface area contributed by atoms with Crippen LogP contribution in [0.15, 0.2) is 36.4 Å². The summed E-state index contributed by atoms with van der Waals surface area (Å²) < 4.78 is 10.8. The first kappa shape index (κ1) is 19.4. The number of ether oxygens (including phenoxy) is 2. The summed E-state index contributed by atoms with van der Waals surface area (Å²) >= 11 is 0. The van der Waals surface area contributed by atoms with Crippen LogP contribution in [0.1, 0.15) is 23.3 Å². The minimum absolute atomic E-state index is 0.0717. The van der Waals surface area contributed by atoms with Crippen LogP contribution in [0, 0.1) is 0 Å². The predicted molar refractivity (Wildman–Crippen MR) is 111 cm³/mol. The molecule has 29 heavy (non-hydrogen) atoms. The molecular weight excluding hydrogens is 370 g/mol. The lowest BCUT2D eigenvalue weighted by Crippen LogP contribution is -2.49. The topological polar surface area (TPSA) is 79.8 Å². The Labute approximate surface area is 170 Å². The van der Waals surface area contributed by atoms with Gasteiger partial charge in [-0.2, -0.15) is 0 Å². The highest BCUT2D eigenvalue weighted by atomic mass is 16.5. The van der Waals surface area contributed by atoms with Crippen LogP contribution in [-0.2, 0) is 4.74 Å². The molecule has 1 aromatic carbocycles. The lowest BCUT2D eigenvalue weighted by Gasteiger charge is -2.36. The maximum atomic E-state index is 12.8. The fourth-order valence-corrected chi connectivity index (χ4v) is 3.69. The number of benzene rings is 1. The van der Waals surface area contributed by atoms with E-state index in [1.54, 1.807) is 13.2 Å². The van der Waals surface area contributed by atoms with E-state index in [0.717, 1.165) is 50.5 Å². The van der Waals surface area contributed by atoms with E-state index in [4.69, 9.17) is 9.47 Å². The molecule has 1 atom stereocenters. The molecule has 1 unspecified atom stereocenters. The zero-order valence-corrected chi connectivity index (χ0v) is 16.7. The van der Waals surface area contributed by atoms with Crippen molar-refractivity contribution in [1.82, 2.24) is 15.1 Å².